The van der Waals surface area contributed by atoms with Crippen LogP contribution < -0.4 is 16.6 Å². The molecule has 0 radical (unpaired) electrons. The number of primary amides is 1. The van der Waals surface area contributed by atoms with Gasteiger partial charge >= 0.3 is 0 Å². The summed E-state index contributed by atoms with van der Waals surface area (Å²) < 4.78 is 0. The highest BCUT2D eigenvalue weighted by Crippen LogP contribution is 2.30. The summed E-state index contributed by atoms with van der Waals surface area (Å²) in [4.78, 5) is 38.5. The number of carbonyl (C=O) groups is 2. The minimum atomic E-state index is -0.739. The number of hydrogen-bond acceptors (Lipinski definition) is 3. The zero-order valence-corrected chi connectivity index (χ0v) is 13.2. The van der Waals surface area contributed by atoms with Gasteiger partial charge in [0.2, 0.25) is 5.91 Å². The lowest BCUT2D eigenvalue weighted by atomic mass is 9.86. The second-order valence-electron chi connectivity index (χ2n) is 6.60. The highest BCUT2D eigenvalue weighted by atomic mass is 16.2. The van der Waals surface area contributed by atoms with Gasteiger partial charge in [-0.05, 0) is 43.7 Å². The predicted octanol–water partition coefficient (Wildman–Crippen LogP) is 1.55. The van der Waals surface area contributed by atoms with E-state index in [4.69, 9.17) is 5.73 Å². The van der Waals surface area contributed by atoms with Gasteiger partial charge in [-0.15, -0.1) is 0 Å². The van der Waals surface area contributed by atoms with Gasteiger partial charge in [0.25, 0.3) is 11.5 Å². The van der Waals surface area contributed by atoms with Gasteiger partial charge in [0.05, 0.1) is 6.04 Å². The normalized spacial score (nSPS) is 21.5. The third-order valence-corrected chi connectivity index (χ3v) is 5.01. The highest BCUT2D eigenvalue weighted by Gasteiger charge is 2.28. The molecule has 0 spiro atoms. The molecule has 1 aromatic heterocycles. The van der Waals surface area contributed by atoms with E-state index < -0.39 is 11.5 Å². The van der Waals surface area contributed by atoms with E-state index in [1.54, 1.807) is 6.07 Å². The second-order valence-corrected chi connectivity index (χ2v) is 6.60. The maximum atomic E-state index is 12.5. The van der Waals surface area contributed by atoms with Crippen molar-refractivity contribution in [2.24, 2.45) is 11.7 Å². The first-order chi connectivity index (χ1) is 11.1. The van der Waals surface area contributed by atoms with Crippen LogP contribution in [0.1, 0.15) is 72.6 Å². The molecule has 2 amide bonds. The smallest absolute Gasteiger partial charge is 0.261 e. The topological polar surface area (TPSA) is 105 Å². The van der Waals surface area contributed by atoms with Crippen LogP contribution >= 0.6 is 0 Å². The molecule has 3 rings (SSSR count). The fourth-order valence-electron chi connectivity index (χ4n) is 3.73. The molecule has 0 aromatic carbocycles. The lowest BCUT2D eigenvalue weighted by Crippen LogP contribution is -2.37. The molecule has 124 valence electrons. The molecule has 0 bridgehead atoms. The standard InChI is InChI=1S/C17H23N3O3/c18-15(21)12-9-11-13(7-4-8-14(11)20-17(12)23)19-16(22)10-5-2-1-3-6-10/h9-10,13H,1-8H2,(H2,18,21)(H,19,22)(H,20,23)/t13-/m0/s1. The van der Waals surface area contributed by atoms with E-state index in [0.29, 0.717) is 0 Å². The number of nitrogens with one attached hydrogen (secondary N) is 2. The highest BCUT2D eigenvalue weighted by molar-refractivity contribution is 5.92. The Morgan fingerprint density at radius 3 is 2.57 bits per heavy atom. The van der Waals surface area contributed by atoms with Crippen molar-refractivity contribution in [1.82, 2.24) is 10.3 Å². The van der Waals surface area contributed by atoms with Gasteiger partial charge in [-0.1, -0.05) is 19.3 Å². The number of aryl methyl sites for hydroxylation is 1. The molecule has 6 nitrogen and oxygen atoms in total. The summed E-state index contributed by atoms with van der Waals surface area (Å²) in [6.45, 7) is 0. The van der Waals surface area contributed by atoms with Gasteiger partial charge in [-0.25, -0.2) is 0 Å². The maximum absolute atomic E-state index is 12.5. The van der Waals surface area contributed by atoms with E-state index in [9.17, 15) is 14.4 Å². The van der Waals surface area contributed by atoms with Gasteiger partial charge in [-0.2, -0.15) is 0 Å². The van der Waals surface area contributed by atoms with Crippen molar-refractivity contribution in [3.05, 3.63) is 33.2 Å². The number of nitrogens with two attached hydrogens (primary N) is 1. The predicted molar refractivity (Wildman–Crippen MR) is 86.0 cm³/mol. The number of aromatic amines is 1. The van der Waals surface area contributed by atoms with Crippen molar-refractivity contribution in [3.8, 4) is 0 Å². The Morgan fingerprint density at radius 1 is 1.13 bits per heavy atom. The Labute approximate surface area is 134 Å². The number of rotatable bonds is 3. The van der Waals surface area contributed by atoms with Crippen molar-refractivity contribution in [2.45, 2.75) is 57.4 Å². The molecule has 1 heterocycles. The molecule has 4 N–H and O–H groups in total. The number of hydrogen-bond donors (Lipinski definition) is 3. The van der Waals surface area contributed by atoms with Crippen LogP contribution in [0.15, 0.2) is 10.9 Å². The van der Waals surface area contributed by atoms with Crippen molar-refractivity contribution in [1.29, 1.82) is 0 Å². The third kappa shape index (κ3) is 3.30. The lowest BCUT2D eigenvalue weighted by molar-refractivity contribution is -0.126. The van der Waals surface area contributed by atoms with Gasteiger partial charge in [0.15, 0.2) is 0 Å². The summed E-state index contributed by atoms with van der Waals surface area (Å²) >= 11 is 0. The summed E-state index contributed by atoms with van der Waals surface area (Å²) in [5.74, 6) is -0.557. The molecule has 6 heteroatoms. The molecule has 23 heavy (non-hydrogen) atoms. The van der Waals surface area contributed by atoms with Crippen molar-refractivity contribution < 1.29 is 9.59 Å². The van der Waals surface area contributed by atoms with Crippen molar-refractivity contribution >= 4 is 11.8 Å². The van der Waals surface area contributed by atoms with Gasteiger partial charge in [0.1, 0.15) is 5.56 Å². The average Bonchev–Trinajstić information content (AvgIpc) is 2.55. The molecular weight excluding hydrogens is 294 g/mol. The Kier molecular flexibility index (Phi) is 4.50. The minimum absolute atomic E-state index is 0.0393. The van der Waals surface area contributed by atoms with Crippen LogP contribution in [0.3, 0.4) is 0 Å². The van der Waals surface area contributed by atoms with Gasteiger partial charge in [0, 0.05) is 11.6 Å². The first-order valence-corrected chi connectivity index (χ1v) is 8.42. The average molecular weight is 317 g/mol. The molecule has 0 saturated heterocycles. The summed E-state index contributed by atoms with van der Waals surface area (Å²) in [6, 6.07) is 1.41. The molecule has 0 aliphatic heterocycles. The molecule has 1 saturated carbocycles. The Morgan fingerprint density at radius 2 is 1.87 bits per heavy atom. The van der Waals surface area contributed by atoms with Crippen LogP contribution in [-0.2, 0) is 11.2 Å². The Bertz CT molecular complexity index is 674. The zero-order valence-electron chi connectivity index (χ0n) is 13.2. The van der Waals surface area contributed by atoms with E-state index >= 15 is 0 Å². The molecule has 0 unspecified atom stereocenters. The van der Waals surface area contributed by atoms with Crippen LogP contribution in [0.2, 0.25) is 0 Å². The summed E-state index contributed by atoms with van der Waals surface area (Å²) in [7, 11) is 0. The Hall–Kier alpha value is -2.11. The second kappa shape index (κ2) is 6.56. The number of carbonyl (C=O) groups excluding carboxylic acids is 2. The number of H-pyrrole nitrogens is 1. The van der Waals surface area contributed by atoms with Crippen LogP contribution in [0.4, 0.5) is 0 Å². The number of amides is 2. The van der Waals surface area contributed by atoms with E-state index in [2.05, 4.69) is 10.3 Å². The molecule has 1 aromatic rings. The maximum Gasteiger partial charge on any atom is 0.261 e. The minimum Gasteiger partial charge on any atom is -0.365 e. The first-order valence-electron chi connectivity index (χ1n) is 8.42. The number of pyridine rings is 1. The molecule has 2 aliphatic carbocycles. The van der Waals surface area contributed by atoms with Gasteiger partial charge in [-0.3, -0.25) is 14.4 Å². The molecule has 1 fully saturated rings. The van der Waals surface area contributed by atoms with E-state index in [1.807, 2.05) is 0 Å². The van der Waals surface area contributed by atoms with Crippen LogP contribution in [0.5, 0.6) is 0 Å². The van der Waals surface area contributed by atoms with Crippen LogP contribution in [0.25, 0.3) is 0 Å². The summed E-state index contributed by atoms with van der Waals surface area (Å²) in [5.41, 5.74) is 6.41. The third-order valence-electron chi connectivity index (χ3n) is 5.01. The lowest BCUT2D eigenvalue weighted by Gasteiger charge is -2.29. The fraction of sp³-hybridized carbons (Fsp3) is 0.588. The number of fused-ring (bicyclic) bond motifs is 1. The SMILES string of the molecule is NC(=O)c1cc2c([nH]c1=O)CCC[C@@H]2NC(=O)C1CCCCC1. The summed E-state index contributed by atoms with van der Waals surface area (Å²) in [5, 5.41) is 3.12. The van der Waals surface area contributed by atoms with Crippen molar-refractivity contribution in [2.75, 3.05) is 0 Å². The molecular formula is C17H23N3O3. The zero-order chi connectivity index (χ0) is 16.4. The van der Waals surface area contributed by atoms with Gasteiger partial charge < -0.3 is 16.0 Å². The number of aromatic nitrogens is 1. The largest absolute Gasteiger partial charge is 0.365 e. The van der Waals surface area contributed by atoms with Crippen LogP contribution in [0, 0.1) is 5.92 Å². The monoisotopic (exact) mass is 317 g/mol. The van der Waals surface area contributed by atoms with Crippen LogP contribution in [-0.4, -0.2) is 16.8 Å². The van der Waals surface area contributed by atoms with E-state index in [1.165, 1.54) is 6.42 Å². The fourth-order valence-corrected chi connectivity index (χ4v) is 3.73. The van der Waals surface area contributed by atoms with E-state index in [-0.39, 0.29) is 23.4 Å². The summed E-state index contributed by atoms with van der Waals surface area (Å²) in [6.07, 6.45) is 7.78. The quantitative estimate of drug-likeness (QED) is 0.787. The molecule has 1 atom stereocenters. The molecule has 2 aliphatic rings. The Balaban J connectivity index is 1.83. The van der Waals surface area contributed by atoms with E-state index in [0.717, 1.165) is 56.2 Å². The first kappa shape index (κ1) is 15.8. The van der Waals surface area contributed by atoms with Crippen molar-refractivity contribution in [3.63, 3.8) is 0 Å².